The SMILES string of the molecule is CC[C@H](C)[C@H](NC(=O)N1CCCC(C)(C)C1)C(=O)O. The standard InChI is InChI=1S/C14H26N2O3/c1-5-10(2)11(12(17)18)15-13(19)16-8-6-7-14(3,4)9-16/h10-11H,5-9H2,1-4H3,(H,15,19)(H,17,18)/t10-,11-/m0/s1. The number of carbonyl (C=O) groups excluding carboxylic acids is 1. The third kappa shape index (κ3) is 4.40. The molecule has 0 aromatic carbocycles. The maximum absolute atomic E-state index is 12.2. The quantitative estimate of drug-likeness (QED) is 0.823. The van der Waals surface area contributed by atoms with Gasteiger partial charge in [-0.15, -0.1) is 0 Å². The summed E-state index contributed by atoms with van der Waals surface area (Å²) in [5.74, 6) is -1.03. The summed E-state index contributed by atoms with van der Waals surface area (Å²) >= 11 is 0. The van der Waals surface area contributed by atoms with Crippen molar-refractivity contribution in [2.75, 3.05) is 13.1 Å². The number of nitrogens with one attached hydrogen (secondary N) is 1. The van der Waals surface area contributed by atoms with Gasteiger partial charge < -0.3 is 15.3 Å². The number of carboxylic acids is 1. The number of piperidine rings is 1. The van der Waals surface area contributed by atoms with E-state index in [0.29, 0.717) is 13.1 Å². The average Bonchev–Trinajstić information content (AvgIpc) is 2.33. The van der Waals surface area contributed by atoms with E-state index in [9.17, 15) is 14.7 Å². The molecule has 19 heavy (non-hydrogen) atoms. The van der Waals surface area contributed by atoms with Crippen LogP contribution >= 0.6 is 0 Å². The molecule has 0 spiro atoms. The highest BCUT2D eigenvalue weighted by atomic mass is 16.4. The Labute approximate surface area is 115 Å². The molecule has 1 rings (SSSR count). The molecular weight excluding hydrogens is 244 g/mol. The van der Waals surface area contributed by atoms with Crippen molar-refractivity contribution < 1.29 is 14.7 Å². The zero-order chi connectivity index (χ0) is 14.6. The molecule has 0 aliphatic carbocycles. The number of carbonyl (C=O) groups is 2. The van der Waals surface area contributed by atoms with Crippen molar-refractivity contribution in [2.24, 2.45) is 11.3 Å². The van der Waals surface area contributed by atoms with Crippen LogP contribution in [-0.4, -0.2) is 41.1 Å². The summed E-state index contributed by atoms with van der Waals surface area (Å²) in [5.41, 5.74) is 0.116. The summed E-state index contributed by atoms with van der Waals surface area (Å²) in [4.78, 5) is 25.1. The Morgan fingerprint density at radius 2 is 2.05 bits per heavy atom. The first-order valence-corrected chi connectivity index (χ1v) is 7.05. The van der Waals surface area contributed by atoms with Gasteiger partial charge in [-0.3, -0.25) is 0 Å². The molecule has 2 amide bonds. The summed E-state index contributed by atoms with van der Waals surface area (Å²) < 4.78 is 0. The van der Waals surface area contributed by atoms with Crippen LogP contribution < -0.4 is 5.32 Å². The Morgan fingerprint density at radius 1 is 1.42 bits per heavy atom. The van der Waals surface area contributed by atoms with Crippen LogP contribution in [0, 0.1) is 11.3 Å². The number of urea groups is 1. The molecule has 1 heterocycles. The van der Waals surface area contributed by atoms with Crippen LogP contribution in [0.15, 0.2) is 0 Å². The molecule has 0 radical (unpaired) electrons. The van der Waals surface area contributed by atoms with Gasteiger partial charge in [0.15, 0.2) is 0 Å². The number of carboxylic acid groups (broad SMARTS) is 1. The lowest BCUT2D eigenvalue weighted by Gasteiger charge is -2.38. The van der Waals surface area contributed by atoms with Crippen LogP contribution in [0.4, 0.5) is 4.79 Å². The van der Waals surface area contributed by atoms with Crippen molar-refractivity contribution in [1.29, 1.82) is 0 Å². The third-order valence-electron chi connectivity index (χ3n) is 3.95. The van der Waals surface area contributed by atoms with Crippen molar-refractivity contribution in [1.82, 2.24) is 10.2 Å². The smallest absolute Gasteiger partial charge is 0.326 e. The van der Waals surface area contributed by atoms with E-state index in [1.807, 2.05) is 13.8 Å². The Balaban J connectivity index is 2.64. The first-order chi connectivity index (χ1) is 8.76. The Bertz CT molecular complexity index is 342. The number of aliphatic carboxylic acids is 1. The summed E-state index contributed by atoms with van der Waals surface area (Å²) in [5, 5.41) is 11.9. The van der Waals surface area contributed by atoms with Crippen LogP contribution in [0.5, 0.6) is 0 Å². The minimum Gasteiger partial charge on any atom is -0.480 e. The number of hydrogen-bond donors (Lipinski definition) is 2. The van der Waals surface area contributed by atoms with E-state index < -0.39 is 12.0 Å². The molecule has 0 saturated carbocycles. The molecule has 1 aliphatic rings. The minimum atomic E-state index is -0.959. The van der Waals surface area contributed by atoms with E-state index in [1.54, 1.807) is 4.90 Å². The van der Waals surface area contributed by atoms with Crippen LogP contribution in [0.2, 0.25) is 0 Å². The number of hydrogen-bond acceptors (Lipinski definition) is 2. The van der Waals surface area contributed by atoms with Gasteiger partial charge in [0.05, 0.1) is 0 Å². The fraction of sp³-hybridized carbons (Fsp3) is 0.857. The van der Waals surface area contributed by atoms with Gasteiger partial charge in [0, 0.05) is 13.1 Å². The number of nitrogens with zero attached hydrogens (tertiary/aromatic N) is 1. The van der Waals surface area contributed by atoms with Gasteiger partial charge in [-0.1, -0.05) is 34.1 Å². The Hall–Kier alpha value is -1.26. The molecule has 1 aliphatic heterocycles. The lowest BCUT2D eigenvalue weighted by atomic mass is 9.84. The second kappa shape index (κ2) is 6.26. The lowest BCUT2D eigenvalue weighted by molar-refractivity contribution is -0.140. The molecule has 1 saturated heterocycles. The predicted molar refractivity (Wildman–Crippen MR) is 74.0 cm³/mol. The van der Waals surface area contributed by atoms with Crippen molar-refractivity contribution in [3.63, 3.8) is 0 Å². The summed E-state index contributed by atoms with van der Waals surface area (Å²) in [6.07, 6.45) is 2.80. The summed E-state index contributed by atoms with van der Waals surface area (Å²) in [6, 6.07) is -1.05. The second-order valence-electron chi connectivity index (χ2n) is 6.34. The van der Waals surface area contributed by atoms with Crippen LogP contribution in [0.3, 0.4) is 0 Å². The minimum absolute atomic E-state index is 0.0701. The third-order valence-corrected chi connectivity index (χ3v) is 3.95. The lowest BCUT2D eigenvalue weighted by Crippen LogP contribution is -2.53. The van der Waals surface area contributed by atoms with E-state index in [0.717, 1.165) is 19.3 Å². The fourth-order valence-corrected chi connectivity index (χ4v) is 2.50. The fourth-order valence-electron chi connectivity index (χ4n) is 2.50. The van der Waals surface area contributed by atoms with Gasteiger partial charge >= 0.3 is 12.0 Å². The first kappa shape index (κ1) is 15.8. The highest BCUT2D eigenvalue weighted by molar-refractivity contribution is 5.82. The molecule has 5 heteroatoms. The average molecular weight is 270 g/mol. The normalized spacial score (nSPS) is 21.6. The maximum Gasteiger partial charge on any atom is 0.326 e. The van der Waals surface area contributed by atoms with Gasteiger partial charge in [-0.25, -0.2) is 9.59 Å². The molecule has 2 N–H and O–H groups in total. The van der Waals surface area contributed by atoms with Crippen molar-refractivity contribution in [3.05, 3.63) is 0 Å². The summed E-state index contributed by atoms with van der Waals surface area (Å²) in [6.45, 7) is 9.44. The first-order valence-electron chi connectivity index (χ1n) is 7.05. The second-order valence-corrected chi connectivity index (χ2v) is 6.34. The van der Waals surface area contributed by atoms with Gasteiger partial charge in [-0.05, 0) is 24.2 Å². The number of amides is 2. The molecule has 0 aromatic rings. The number of rotatable bonds is 4. The largest absolute Gasteiger partial charge is 0.480 e. The van der Waals surface area contributed by atoms with E-state index in [-0.39, 0.29) is 17.4 Å². The highest BCUT2D eigenvalue weighted by Gasteiger charge is 2.32. The molecule has 0 bridgehead atoms. The Morgan fingerprint density at radius 3 is 2.53 bits per heavy atom. The van der Waals surface area contributed by atoms with Crippen molar-refractivity contribution in [3.8, 4) is 0 Å². The van der Waals surface area contributed by atoms with E-state index in [2.05, 4.69) is 19.2 Å². The van der Waals surface area contributed by atoms with Crippen molar-refractivity contribution in [2.45, 2.75) is 53.0 Å². The van der Waals surface area contributed by atoms with Gasteiger partial charge in [0.25, 0.3) is 0 Å². The molecule has 1 fully saturated rings. The monoisotopic (exact) mass is 270 g/mol. The van der Waals surface area contributed by atoms with Crippen LogP contribution in [-0.2, 0) is 4.79 Å². The molecule has 0 unspecified atom stereocenters. The van der Waals surface area contributed by atoms with Crippen LogP contribution in [0.25, 0.3) is 0 Å². The van der Waals surface area contributed by atoms with Gasteiger partial charge in [0.2, 0.25) is 0 Å². The molecule has 5 nitrogen and oxygen atoms in total. The predicted octanol–water partition coefficient (Wildman–Crippen LogP) is 2.32. The zero-order valence-electron chi connectivity index (χ0n) is 12.4. The van der Waals surface area contributed by atoms with Crippen molar-refractivity contribution >= 4 is 12.0 Å². The molecule has 2 atom stereocenters. The highest BCUT2D eigenvalue weighted by Crippen LogP contribution is 2.28. The van der Waals surface area contributed by atoms with Gasteiger partial charge in [0.1, 0.15) is 6.04 Å². The Kier molecular flexibility index (Phi) is 5.20. The number of likely N-dealkylation sites (tertiary alicyclic amines) is 1. The maximum atomic E-state index is 12.2. The van der Waals surface area contributed by atoms with Gasteiger partial charge in [-0.2, -0.15) is 0 Å². The molecule has 110 valence electrons. The van der Waals surface area contributed by atoms with Crippen LogP contribution in [0.1, 0.15) is 47.0 Å². The molecule has 0 aromatic heterocycles. The topological polar surface area (TPSA) is 69.6 Å². The zero-order valence-corrected chi connectivity index (χ0v) is 12.4. The van der Waals surface area contributed by atoms with E-state index in [4.69, 9.17) is 0 Å². The molecular formula is C14H26N2O3. The van der Waals surface area contributed by atoms with E-state index >= 15 is 0 Å². The summed E-state index contributed by atoms with van der Waals surface area (Å²) in [7, 11) is 0. The van der Waals surface area contributed by atoms with E-state index in [1.165, 1.54) is 0 Å².